The van der Waals surface area contributed by atoms with Gasteiger partial charge in [0.1, 0.15) is 0 Å². The third-order valence-corrected chi connectivity index (χ3v) is 2.93. The fourth-order valence-electron chi connectivity index (χ4n) is 1.91. The predicted octanol–water partition coefficient (Wildman–Crippen LogP) is 4.46. The van der Waals surface area contributed by atoms with Crippen molar-refractivity contribution in [1.29, 1.82) is 0 Å². The summed E-state index contributed by atoms with van der Waals surface area (Å²) in [6.45, 7) is 12.5. The van der Waals surface area contributed by atoms with Crippen LogP contribution in [0.4, 0.5) is 0 Å². The van der Waals surface area contributed by atoms with Crippen molar-refractivity contribution in [3.05, 3.63) is 52.6 Å². The second kappa shape index (κ2) is 4.97. The van der Waals surface area contributed by atoms with Crippen LogP contribution in [0.5, 0.6) is 0 Å². The van der Waals surface area contributed by atoms with Gasteiger partial charge >= 0.3 is 0 Å². The minimum Gasteiger partial charge on any atom is -0.0988 e. The van der Waals surface area contributed by atoms with Gasteiger partial charge in [0.05, 0.1) is 0 Å². The van der Waals surface area contributed by atoms with Gasteiger partial charge in [-0.3, -0.25) is 0 Å². The van der Waals surface area contributed by atoms with Gasteiger partial charge in [-0.15, -0.1) is 0 Å². The highest BCUT2D eigenvalue weighted by molar-refractivity contribution is 5.60. The lowest BCUT2D eigenvalue weighted by Crippen LogP contribution is -1.94. The molecule has 80 valence electrons. The molecule has 0 radical (unpaired) electrons. The summed E-state index contributed by atoms with van der Waals surface area (Å²) in [7, 11) is 0. The molecule has 1 aromatic carbocycles. The number of benzene rings is 1. The van der Waals surface area contributed by atoms with Crippen LogP contribution in [0, 0.1) is 13.8 Å². The van der Waals surface area contributed by atoms with E-state index < -0.39 is 0 Å². The van der Waals surface area contributed by atoms with Crippen molar-refractivity contribution >= 4 is 6.08 Å². The highest BCUT2D eigenvalue weighted by Gasteiger charge is 2.03. The van der Waals surface area contributed by atoms with Gasteiger partial charge in [-0.1, -0.05) is 43.4 Å². The Morgan fingerprint density at radius 1 is 1.33 bits per heavy atom. The second-order valence-electron chi connectivity index (χ2n) is 4.02. The maximum absolute atomic E-state index is 3.78. The van der Waals surface area contributed by atoms with Gasteiger partial charge in [-0.05, 0) is 49.4 Å². The molecule has 0 amide bonds. The van der Waals surface area contributed by atoms with Crippen LogP contribution in [0.1, 0.15) is 36.1 Å². The largest absolute Gasteiger partial charge is 0.0988 e. The van der Waals surface area contributed by atoms with Crippen LogP contribution in [-0.4, -0.2) is 0 Å². The molecule has 0 heterocycles. The Bertz CT molecular complexity index is 395. The normalized spacial score (nSPS) is 11.6. The van der Waals surface area contributed by atoms with E-state index in [2.05, 4.69) is 52.5 Å². The highest BCUT2D eigenvalue weighted by atomic mass is 14.1. The molecule has 0 heteroatoms. The lowest BCUT2D eigenvalue weighted by atomic mass is 9.95. The van der Waals surface area contributed by atoms with Crippen LogP contribution in [-0.2, 0) is 6.42 Å². The van der Waals surface area contributed by atoms with Crippen molar-refractivity contribution in [1.82, 2.24) is 0 Å². The number of hydrogen-bond acceptors (Lipinski definition) is 0. The SMILES string of the molecule is C=CC(C)=Cc1ccc(C)c(CC)c1C. The number of hydrogen-bond donors (Lipinski definition) is 0. The Balaban J connectivity index is 3.27. The van der Waals surface area contributed by atoms with E-state index in [0.717, 1.165) is 6.42 Å². The molecule has 0 saturated carbocycles. The highest BCUT2D eigenvalue weighted by Crippen LogP contribution is 2.21. The van der Waals surface area contributed by atoms with Crippen LogP contribution in [0.3, 0.4) is 0 Å². The van der Waals surface area contributed by atoms with Gasteiger partial charge in [0, 0.05) is 0 Å². The first kappa shape index (κ1) is 11.8. The Kier molecular flexibility index (Phi) is 3.90. The molecule has 0 atom stereocenters. The van der Waals surface area contributed by atoms with Gasteiger partial charge in [-0.25, -0.2) is 0 Å². The zero-order chi connectivity index (χ0) is 11.4. The lowest BCUT2D eigenvalue weighted by Gasteiger charge is -2.10. The second-order valence-corrected chi connectivity index (χ2v) is 4.02. The number of rotatable bonds is 3. The van der Waals surface area contributed by atoms with Crippen molar-refractivity contribution in [2.45, 2.75) is 34.1 Å². The maximum atomic E-state index is 3.78. The fourth-order valence-corrected chi connectivity index (χ4v) is 1.91. The lowest BCUT2D eigenvalue weighted by molar-refractivity contribution is 1.08. The molecule has 0 unspecified atom stereocenters. The quantitative estimate of drug-likeness (QED) is 0.632. The van der Waals surface area contributed by atoms with Crippen molar-refractivity contribution in [2.24, 2.45) is 0 Å². The molecule has 0 bridgehead atoms. The van der Waals surface area contributed by atoms with Crippen LogP contribution in [0.15, 0.2) is 30.4 Å². The topological polar surface area (TPSA) is 0 Å². The number of aryl methyl sites for hydroxylation is 1. The molecule has 0 fully saturated rings. The van der Waals surface area contributed by atoms with E-state index in [1.54, 1.807) is 0 Å². The van der Waals surface area contributed by atoms with Gasteiger partial charge in [0.15, 0.2) is 0 Å². The van der Waals surface area contributed by atoms with E-state index >= 15 is 0 Å². The first-order valence-corrected chi connectivity index (χ1v) is 5.50. The fraction of sp³-hybridized carbons (Fsp3) is 0.333. The van der Waals surface area contributed by atoms with E-state index in [4.69, 9.17) is 0 Å². The average Bonchev–Trinajstić information content (AvgIpc) is 2.23. The summed E-state index contributed by atoms with van der Waals surface area (Å²) in [5, 5.41) is 0. The Hall–Kier alpha value is -1.30. The number of allylic oxidation sites excluding steroid dienone is 2. The molecule has 1 rings (SSSR count). The summed E-state index contributed by atoms with van der Waals surface area (Å²) >= 11 is 0. The smallest absolute Gasteiger partial charge is 0.0222 e. The molecule has 0 nitrogen and oxygen atoms in total. The molecular weight excluding hydrogens is 180 g/mol. The molecule has 0 aliphatic carbocycles. The standard InChI is InChI=1S/C15H20/c1-6-11(3)10-14-9-8-12(4)15(7-2)13(14)5/h6,8-10H,1,7H2,2-5H3. The zero-order valence-electron chi connectivity index (χ0n) is 10.2. The van der Waals surface area contributed by atoms with Gasteiger partial charge < -0.3 is 0 Å². The third kappa shape index (κ3) is 2.59. The maximum Gasteiger partial charge on any atom is -0.0222 e. The van der Waals surface area contributed by atoms with Crippen LogP contribution in [0.25, 0.3) is 6.08 Å². The summed E-state index contributed by atoms with van der Waals surface area (Å²) in [5.41, 5.74) is 6.79. The monoisotopic (exact) mass is 200 g/mol. The molecule has 0 aromatic heterocycles. The molecule has 0 saturated heterocycles. The Morgan fingerprint density at radius 2 is 2.00 bits per heavy atom. The minimum atomic E-state index is 1.10. The molecule has 0 aliphatic heterocycles. The van der Waals surface area contributed by atoms with Crippen molar-refractivity contribution in [3.63, 3.8) is 0 Å². The molecule has 0 spiro atoms. The average molecular weight is 200 g/mol. The summed E-state index contributed by atoms with van der Waals surface area (Å²) < 4.78 is 0. The Labute approximate surface area is 93.3 Å². The summed E-state index contributed by atoms with van der Waals surface area (Å²) in [6, 6.07) is 4.39. The minimum absolute atomic E-state index is 1.10. The molecule has 15 heavy (non-hydrogen) atoms. The first-order chi connectivity index (χ1) is 7.10. The van der Waals surface area contributed by atoms with E-state index in [-0.39, 0.29) is 0 Å². The van der Waals surface area contributed by atoms with Crippen LogP contribution in [0.2, 0.25) is 0 Å². The van der Waals surface area contributed by atoms with E-state index in [0.29, 0.717) is 0 Å². The van der Waals surface area contributed by atoms with Gasteiger partial charge in [-0.2, -0.15) is 0 Å². The summed E-state index contributed by atoms with van der Waals surface area (Å²) in [4.78, 5) is 0. The molecular formula is C15H20. The summed E-state index contributed by atoms with van der Waals surface area (Å²) in [6.07, 6.45) is 5.19. The first-order valence-electron chi connectivity index (χ1n) is 5.50. The Morgan fingerprint density at radius 3 is 2.53 bits per heavy atom. The molecule has 0 aliphatic rings. The molecule has 0 N–H and O–H groups in total. The van der Waals surface area contributed by atoms with Crippen molar-refractivity contribution in [3.8, 4) is 0 Å². The summed E-state index contributed by atoms with van der Waals surface area (Å²) in [5.74, 6) is 0. The van der Waals surface area contributed by atoms with E-state index in [1.807, 2.05) is 6.08 Å². The van der Waals surface area contributed by atoms with E-state index in [1.165, 1.54) is 27.8 Å². The van der Waals surface area contributed by atoms with Crippen molar-refractivity contribution < 1.29 is 0 Å². The predicted molar refractivity (Wildman–Crippen MR) is 69.1 cm³/mol. The van der Waals surface area contributed by atoms with Gasteiger partial charge in [0.25, 0.3) is 0 Å². The zero-order valence-corrected chi connectivity index (χ0v) is 10.2. The molecule has 1 aromatic rings. The van der Waals surface area contributed by atoms with Crippen LogP contribution >= 0.6 is 0 Å². The van der Waals surface area contributed by atoms with Crippen molar-refractivity contribution in [2.75, 3.05) is 0 Å². The van der Waals surface area contributed by atoms with E-state index in [9.17, 15) is 0 Å². The third-order valence-electron chi connectivity index (χ3n) is 2.93. The van der Waals surface area contributed by atoms with Crippen LogP contribution < -0.4 is 0 Å². The van der Waals surface area contributed by atoms with Gasteiger partial charge in [0.2, 0.25) is 0 Å².